The molecule has 33 heavy (non-hydrogen) atoms. The largest absolute Gasteiger partial charge is 0.573 e. The number of aliphatic hydroxyl groups excluding tert-OH is 1. The molecule has 2 aromatic carbocycles. The van der Waals surface area contributed by atoms with Gasteiger partial charge >= 0.3 is 12.5 Å². The number of aromatic nitrogens is 2. The molecule has 0 fully saturated rings. The quantitative estimate of drug-likeness (QED) is 0.399. The van der Waals surface area contributed by atoms with Gasteiger partial charge < -0.3 is 20.5 Å². The smallest absolute Gasteiger partial charge is 0.406 e. The van der Waals surface area contributed by atoms with Crippen LogP contribution in [-0.4, -0.2) is 34.6 Å². The summed E-state index contributed by atoms with van der Waals surface area (Å²) < 4.78 is 95.7. The van der Waals surface area contributed by atoms with Crippen LogP contribution in [-0.2, 0) is 6.18 Å². The van der Waals surface area contributed by atoms with Crippen molar-refractivity contribution in [2.45, 2.75) is 12.5 Å². The van der Waals surface area contributed by atoms with Crippen molar-refractivity contribution in [3.05, 3.63) is 59.9 Å². The van der Waals surface area contributed by atoms with Gasteiger partial charge in [-0.2, -0.15) is 18.2 Å². The van der Waals surface area contributed by atoms with Gasteiger partial charge in [-0.25, -0.2) is 9.37 Å². The number of aliphatic hydroxyl groups is 1. The summed E-state index contributed by atoms with van der Waals surface area (Å²) in [6.45, 7) is -0.371. The summed E-state index contributed by atoms with van der Waals surface area (Å²) in [5.74, 6) is -2.20. The first kappa shape index (κ1) is 24.0. The fourth-order valence-corrected chi connectivity index (χ4v) is 2.77. The molecule has 0 spiro atoms. The fraction of sp³-hybridized carbons (Fsp3) is 0.200. The number of nitrogens with zero attached hydrogens (tertiary/aromatic N) is 2. The molecule has 176 valence electrons. The summed E-state index contributed by atoms with van der Waals surface area (Å²) in [5, 5.41) is 13.9. The molecule has 0 saturated heterocycles. The molecule has 6 nitrogen and oxygen atoms in total. The second kappa shape index (κ2) is 9.48. The molecule has 0 amide bonds. The molecule has 1 aromatic heterocycles. The molecule has 0 aliphatic heterocycles. The van der Waals surface area contributed by atoms with E-state index < -0.39 is 35.4 Å². The molecule has 0 aliphatic rings. The number of halogens is 7. The van der Waals surface area contributed by atoms with Crippen LogP contribution in [0.2, 0.25) is 0 Å². The number of hydrogen-bond donors (Lipinski definition) is 3. The van der Waals surface area contributed by atoms with E-state index in [1.165, 1.54) is 12.1 Å². The zero-order valence-electron chi connectivity index (χ0n) is 16.4. The van der Waals surface area contributed by atoms with Gasteiger partial charge in [-0.1, -0.05) is 18.2 Å². The topological polar surface area (TPSA) is 79.3 Å². The molecule has 13 heteroatoms. The molecule has 1 heterocycles. The summed E-state index contributed by atoms with van der Waals surface area (Å²) in [5.41, 5.74) is -2.07. The molecular formula is C20H15F7N4O2. The van der Waals surface area contributed by atoms with Gasteiger partial charge in [0.2, 0.25) is 5.95 Å². The van der Waals surface area contributed by atoms with Crippen LogP contribution in [0.1, 0.15) is 5.56 Å². The van der Waals surface area contributed by atoms with Crippen LogP contribution in [0.4, 0.5) is 48.2 Å². The van der Waals surface area contributed by atoms with Gasteiger partial charge in [0.1, 0.15) is 17.4 Å². The number of hydrogen-bond acceptors (Lipinski definition) is 6. The minimum atomic E-state index is -4.94. The van der Waals surface area contributed by atoms with Crippen LogP contribution in [0, 0.1) is 5.82 Å². The number of alkyl halides is 6. The lowest BCUT2D eigenvalue weighted by Gasteiger charge is -2.16. The second-order valence-corrected chi connectivity index (χ2v) is 6.47. The Labute approximate surface area is 182 Å². The van der Waals surface area contributed by atoms with Crippen molar-refractivity contribution >= 4 is 17.5 Å². The highest BCUT2D eigenvalue weighted by Crippen LogP contribution is 2.38. The predicted molar refractivity (Wildman–Crippen MR) is 104 cm³/mol. The Morgan fingerprint density at radius 2 is 1.67 bits per heavy atom. The SMILES string of the molecule is OCCNc1nc(Nc2c(F)cccc2C(F)(F)F)cc(-c2cccc(OC(F)(F)F)c2)n1. The third kappa shape index (κ3) is 6.44. The Bertz CT molecular complexity index is 1120. The van der Waals surface area contributed by atoms with Crippen molar-refractivity contribution in [1.82, 2.24) is 9.97 Å². The molecular weight excluding hydrogens is 461 g/mol. The van der Waals surface area contributed by atoms with Crippen LogP contribution in [0.15, 0.2) is 48.5 Å². The van der Waals surface area contributed by atoms with Crippen LogP contribution in [0.25, 0.3) is 11.3 Å². The zero-order chi connectivity index (χ0) is 24.2. The Hall–Kier alpha value is -3.61. The van der Waals surface area contributed by atoms with E-state index in [-0.39, 0.29) is 36.2 Å². The zero-order valence-corrected chi connectivity index (χ0v) is 16.4. The lowest BCUT2D eigenvalue weighted by molar-refractivity contribution is -0.274. The van der Waals surface area contributed by atoms with Gasteiger partial charge in [0.25, 0.3) is 0 Å². The van der Waals surface area contributed by atoms with Crippen LogP contribution < -0.4 is 15.4 Å². The highest BCUT2D eigenvalue weighted by atomic mass is 19.4. The first-order chi connectivity index (χ1) is 15.5. The standard InChI is InChI=1S/C20H15F7N4O2/c21-14-6-2-5-13(19(22,23)24)17(14)30-16-10-15(29-18(31-16)28-7-8-32)11-3-1-4-12(9-11)33-20(25,26)27/h1-6,9-10,32H,7-8H2,(H2,28,29,30,31). The molecule has 0 bridgehead atoms. The van der Waals surface area contributed by atoms with Gasteiger partial charge in [0.15, 0.2) is 0 Å². The molecule has 3 N–H and O–H groups in total. The number of para-hydroxylation sites is 1. The molecule has 0 unspecified atom stereocenters. The highest BCUT2D eigenvalue weighted by Gasteiger charge is 2.35. The summed E-state index contributed by atoms with van der Waals surface area (Å²) in [6, 6.07) is 8.23. The third-order valence-corrected chi connectivity index (χ3v) is 4.06. The molecule has 0 atom stereocenters. The molecule has 0 radical (unpaired) electrons. The fourth-order valence-electron chi connectivity index (χ4n) is 2.77. The van der Waals surface area contributed by atoms with Gasteiger partial charge in [-0.3, -0.25) is 0 Å². The van der Waals surface area contributed by atoms with E-state index in [9.17, 15) is 30.7 Å². The van der Waals surface area contributed by atoms with Crippen molar-refractivity contribution in [3.63, 3.8) is 0 Å². The van der Waals surface area contributed by atoms with Crippen LogP contribution in [0.5, 0.6) is 5.75 Å². The van der Waals surface area contributed by atoms with Crippen LogP contribution in [0.3, 0.4) is 0 Å². The summed E-state index contributed by atoms with van der Waals surface area (Å²) in [4.78, 5) is 8.04. The maximum Gasteiger partial charge on any atom is 0.573 e. The maximum atomic E-state index is 14.2. The summed E-state index contributed by atoms with van der Waals surface area (Å²) in [7, 11) is 0. The summed E-state index contributed by atoms with van der Waals surface area (Å²) in [6.07, 6.45) is -9.81. The Balaban J connectivity index is 2.05. The van der Waals surface area contributed by atoms with E-state index in [2.05, 4.69) is 25.3 Å². The van der Waals surface area contributed by atoms with Crippen molar-refractivity contribution in [2.24, 2.45) is 0 Å². The Morgan fingerprint density at radius 3 is 2.33 bits per heavy atom. The van der Waals surface area contributed by atoms with E-state index >= 15 is 0 Å². The molecule has 0 aliphatic carbocycles. The second-order valence-electron chi connectivity index (χ2n) is 6.47. The van der Waals surface area contributed by atoms with E-state index in [1.807, 2.05) is 0 Å². The van der Waals surface area contributed by atoms with Gasteiger partial charge in [-0.15, -0.1) is 13.2 Å². The maximum absolute atomic E-state index is 14.2. The van der Waals surface area contributed by atoms with Crippen molar-refractivity contribution in [1.29, 1.82) is 0 Å². The lowest BCUT2D eigenvalue weighted by Crippen LogP contribution is -2.17. The van der Waals surface area contributed by atoms with Crippen molar-refractivity contribution < 1.29 is 40.6 Å². The Kier molecular flexibility index (Phi) is 6.91. The van der Waals surface area contributed by atoms with Gasteiger partial charge in [-0.05, 0) is 24.3 Å². The third-order valence-electron chi connectivity index (χ3n) is 4.06. The molecule has 3 aromatic rings. The average molecular weight is 476 g/mol. The molecule has 0 saturated carbocycles. The van der Waals surface area contributed by atoms with E-state index in [1.54, 1.807) is 0 Å². The van der Waals surface area contributed by atoms with E-state index in [0.717, 1.165) is 30.3 Å². The molecule has 3 rings (SSSR count). The van der Waals surface area contributed by atoms with E-state index in [4.69, 9.17) is 5.11 Å². The van der Waals surface area contributed by atoms with Gasteiger partial charge in [0, 0.05) is 18.2 Å². The minimum Gasteiger partial charge on any atom is -0.406 e. The monoisotopic (exact) mass is 476 g/mol. The number of rotatable bonds is 7. The summed E-state index contributed by atoms with van der Waals surface area (Å²) >= 11 is 0. The minimum absolute atomic E-state index is 0.00883. The highest BCUT2D eigenvalue weighted by molar-refractivity contribution is 5.70. The van der Waals surface area contributed by atoms with Crippen molar-refractivity contribution in [3.8, 4) is 17.0 Å². The average Bonchev–Trinajstić information content (AvgIpc) is 2.72. The number of ether oxygens (including phenoxy) is 1. The van der Waals surface area contributed by atoms with Crippen molar-refractivity contribution in [2.75, 3.05) is 23.8 Å². The normalized spacial score (nSPS) is 11.9. The first-order valence-electron chi connectivity index (χ1n) is 9.19. The Morgan fingerprint density at radius 1 is 0.939 bits per heavy atom. The van der Waals surface area contributed by atoms with E-state index in [0.29, 0.717) is 6.07 Å². The lowest BCUT2D eigenvalue weighted by atomic mass is 10.1. The number of benzene rings is 2. The first-order valence-corrected chi connectivity index (χ1v) is 9.19. The van der Waals surface area contributed by atoms with Crippen LogP contribution >= 0.6 is 0 Å². The van der Waals surface area contributed by atoms with Gasteiger partial charge in [0.05, 0.1) is 23.6 Å². The number of anilines is 3. The predicted octanol–water partition coefficient (Wildman–Crippen LogP) is 5.35. The number of nitrogens with one attached hydrogen (secondary N) is 2.